The van der Waals surface area contributed by atoms with Crippen LogP contribution in [0.15, 0.2) is 0 Å². The molecule has 0 aromatic carbocycles. The minimum Gasteiger partial charge on any atom is -0.370 e. The van der Waals surface area contributed by atoms with Crippen LogP contribution in [0.5, 0.6) is 0 Å². The Hall–Kier alpha value is -1.10. The third-order valence-electron chi connectivity index (χ3n) is 0.759. The van der Waals surface area contributed by atoms with Crippen LogP contribution in [0.4, 0.5) is 0 Å². The van der Waals surface area contributed by atoms with Crippen molar-refractivity contribution < 1.29 is 9.59 Å². The van der Waals surface area contributed by atoms with Crippen LogP contribution in [0.1, 0.15) is 12.8 Å². The lowest BCUT2D eigenvalue weighted by Crippen LogP contribution is -2.30. The molecule has 0 heterocycles. The fourth-order valence-electron chi connectivity index (χ4n) is 0.309. The minimum atomic E-state index is -0.501. The van der Waals surface area contributed by atoms with Crippen LogP contribution in [0, 0.1) is 0 Å². The van der Waals surface area contributed by atoms with Crippen molar-refractivity contribution in [2.45, 2.75) is 12.8 Å². The molecule has 5 nitrogen and oxygen atoms in total. The maximum Gasteiger partial charge on any atom is 0.234 e. The molecule has 0 saturated heterocycles. The van der Waals surface area contributed by atoms with E-state index in [4.69, 9.17) is 11.6 Å². The van der Waals surface area contributed by atoms with Crippen molar-refractivity contribution in [1.29, 1.82) is 0 Å². The van der Waals surface area contributed by atoms with Gasteiger partial charge in [-0.25, -0.2) is 5.84 Å². The van der Waals surface area contributed by atoms with Gasteiger partial charge in [0.15, 0.2) is 0 Å². The van der Waals surface area contributed by atoms with Crippen molar-refractivity contribution in [3.8, 4) is 0 Å². The van der Waals surface area contributed by atoms with Gasteiger partial charge >= 0.3 is 0 Å². The molecule has 0 atom stereocenters. The lowest BCUT2D eigenvalue weighted by molar-refractivity contribution is -0.125. The molecule has 0 spiro atoms. The summed E-state index contributed by atoms with van der Waals surface area (Å²) in [7, 11) is 0. The summed E-state index contributed by atoms with van der Waals surface area (Å²) in [6, 6.07) is 0. The van der Waals surface area contributed by atoms with E-state index in [-0.39, 0.29) is 18.7 Å². The summed E-state index contributed by atoms with van der Waals surface area (Å²) >= 11 is 0. The molecule has 0 aliphatic rings. The molecule has 0 aliphatic carbocycles. The first-order valence-corrected chi connectivity index (χ1v) is 2.44. The van der Waals surface area contributed by atoms with Gasteiger partial charge in [-0.15, -0.1) is 0 Å². The van der Waals surface area contributed by atoms with Crippen molar-refractivity contribution >= 4 is 11.8 Å². The number of rotatable bonds is 3. The zero-order chi connectivity index (χ0) is 7.28. The van der Waals surface area contributed by atoms with Crippen molar-refractivity contribution in [2.24, 2.45) is 11.6 Å². The SMILES string of the molecule is NNC(=O)CCC(N)=O. The Kier molecular flexibility index (Phi) is 3.38. The van der Waals surface area contributed by atoms with E-state index in [1.807, 2.05) is 5.43 Å². The highest BCUT2D eigenvalue weighted by Crippen LogP contribution is 1.84. The Labute approximate surface area is 52.4 Å². The summed E-state index contributed by atoms with van der Waals surface area (Å²) < 4.78 is 0. The van der Waals surface area contributed by atoms with Gasteiger partial charge in [-0.05, 0) is 0 Å². The summed E-state index contributed by atoms with van der Waals surface area (Å²) in [5.74, 6) is 3.82. The second-order valence-electron chi connectivity index (χ2n) is 1.53. The molecule has 0 fully saturated rings. The fourth-order valence-corrected chi connectivity index (χ4v) is 0.309. The van der Waals surface area contributed by atoms with Crippen LogP contribution in [0.2, 0.25) is 0 Å². The number of hydrogen-bond donors (Lipinski definition) is 3. The van der Waals surface area contributed by atoms with Crippen LogP contribution >= 0.6 is 0 Å². The van der Waals surface area contributed by atoms with Gasteiger partial charge in [0.25, 0.3) is 0 Å². The molecular formula is C4H9N3O2. The largest absolute Gasteiger partial charge is 0.370 e. The standard InChI is InChI=1S/C4H9N3O2/c5-3(8)1-2-4(9)7-6/h1-2,6H2,(H2,5,8)(H,7,9). The molecule has 0 rings (SSSR count). The van der Waals surface area contributed by atoms with Crippen molar-refractivity contribution in [2.75, 3.05) is 0 Å². The first-order chi connectivity index (χ1) is 4.16. The predicted molar refractivity (Wildman–Crippen MR) is 30.8 cm³/mol. The summed E-state index contributed by atoms with van der Waals surface area (Å²) in [5.41, 5.74) is 6.61. The minimum absolute atomic E-state index is 0.0447. The Bertz CT molecular complexity index is 123. The number of carbonyl (C=O) groups excluding carboxylic acids is 2. The number of carbonyl (C=O) groups is 2. The van der Waals surface area contributed by atoms with E-state index in [2.05, 4.69) is 0 Å². The molecule has 0 unspecified atom stereocenters. The fraction of sp³-hybridized carbons (Fsp3) is 0.500. The highest BCUT2D eigenvalue weighted by Gasteiger charge is 1.99. The van der Waals surface area contributed by atoms with E-state index in [9.17, 15) is 9.59 Å². The zero-order valence-electron chi connectivity index (χ0n) is 4.89. The first kappa shape index (κ1) is 7.90. The summed E-state index contributed by atoms with van der Waals surface area (Å²) in [4.78, 5) is 20.3. The van der Waals surface area contributed by atoms with Gasteiger partial charge in [0.05, 0.1) is 0 Å². The van der Waals surface area contributed by atoms with Crippen LogP contribution < -0.4 is 17.0 Å². The molecule has 52 valence electrons. The number of primary amides is 1. The second kappa shape index (κ2) is 3.85. The third-order valence-corrected chi connectivity index (χ3v) is 0.759. The van der Waals surface area contributed by atoms with Crippen molar-refractivity contribution in [3.63, 3.8) is 0 Å². The first-order valence-electron chi connectivity index (χ1n) is 2.44. The molecule has 0 bridgehead atoms. The number of amides is 2. The van der Waals surface area contributed by atoms with Gasteiger partial charge in [0.2, 0.25) is 11.8 Å². The number of nitrogens with two attached hydrogens (primary N) is 2. The monoisotopic (exact) mass is 131 g/mol. The molecular weight excluding hydrogens is 122 g/mol. The Morgan fingerprint density at radius 3 is 2.22 bits per heavy atom. The topological polar surface area (TPSA) is 98.2 Å². The maximum atomic E-state index is 10.3. The molecule has 0 aromatic rings. The normalized spacial score (nSPS) is 8.56. The van der Waals surface area contributed by atoms with Crippen LogP contribution in [0.3, 0.4) is 0 Å². The molecule has 2 amide bonds. The summed E-state index contributed by atoms with van der Waals surface area (Å²) in [6.07, 6.45) is 0.106. The van der Waals surface area contributed by atoms with Gasteiger partial charge in [-0.1, -0.05) is 0 Å². The lowest BCUT2D eigenvalue weighted by atomic mass is 10.3. The van der Waals surface area contributed by atoms with Gasteiger partial charge in [0.1, 0.15) is 0 Å². The van der Waals surface area contributed by atoms with E-state index >= 15 is 0 Å². The van der Waals surface area contributed by atoms with Gasteiger partial charge in [-0.3, -0.25) is 15.0 Å². The van der Waals surface area contributed by atoms with Crippen molar-refractivity contribution in [1.82, 2.24) is 5.43 Å². The average Bonchev–Trinajstić information content (AvgIpc) is 1.83. The number of nitrogens with one attached hydrogen (secondary N) is 1. The predicted octanol–water partition coefficient (Wildman–Crippen LogP) is -1.76. The van der Waals surface area contributed by atoms with Gasteiger partial charge in [-0.2, -0.15) is 0 Å². The molecule has 0 aromatic heterocycles. The highest BCUT2D eigenvalue weighted by atomic mass is 16.2. The molecule has 5 N–H and O–H groups in total. The van der Waals surface area contributed by atoms with Crippen LogP contribution in [-0.2, 0) is 9.59 Å². The van der Waals surface area contributed by atoms with Crippen LogP contribution in [0.25, 0.3) is 0 Å². The van der Waals surface area contributed by atoms with Gasteiger partial charge < -0.3 is 5.73 Å². The Morgan fingerprint density at radius 1 is 1.33 bits per heavy atom. The molecule has 5 heteroatoms. The van der Waals surface area contributed by atoms with E-state index in [1.165, 1.54) is 0 Å². The summed E-state index contributed by atoms with van der Waals surface area (Å²) in [6.45, 7) is 0. The smallest absolute Gasteiger partial charge is 0.234 e. The Balaban J connectivity index is 3.28. The van der Waals surface area contributed by atoms with E-state index in [1.54, 1.807) is 0 Å². The third kappa shape index (κ3) is 4.76. The van der Waals surface area contributed by atoms with E-state index in [0.717, 1.165) is 0 Å². The number of hydrogen-bond acceptors (Lipinski definition) is 3. The average molecular weight is 131 g/mol. The quantitative estimate of drug-likeness (QED) is 0.240. The molecule has 0 radical (unpaired) electrons. The van der Waals surface area contributed by atoms with Gasteiger partial charge in [0, 0.05) is 12.8 Å². The molecule has 0 saturated carbocycles. The highest BCUT2D eigenvalue weighted by molar-refractivity contribution is 5.82. The number of hydrazine groups is 1. The molecule has 9 heavy (non-hydrogen) atoms. The summed E-state index contributed by atoms with van der Waals surface area (Å²) in [5, 5.41) is 0. The zero-order valence-corrected chi connectivity index (χ0v) is 4.89. The molecule has 0 aliphatic heterocycles. The van der Waals surface area contributed by atoms with E-state index < -0.39 is 5.91 Å². The van der Waals surface area contributed by atoms with E-state index in [0.29, 0.717) is 0 Å². The lowest BCUT2D eigenvalue weighted by Gasteiger charge is -1.93. The maximum absolute atomic E-state index is 10.3. The Morgan fingerprint density at radius 2 is 1.89 bits per heavy atom. The second-order valence-corrected chi connectivity index (χ2v) is 1.53. The van der Waals surface area contributed by atoms with Crippen LogP contribution in [-0.4, -0.2) is 11.8 Å². The van der Waals surface area contributed by atoms with Crippen molar-refractivity contribution in [3.05, 3.63) is 0 Å².